The van der Waals surface area contributed by atoms with Crippen LogP contribution in [0.15, 0.2) is 18.5 Å². The van der Waals surface area contributed by atoms with E-state index >= 15 is 0 Å². The van der Waals surface area contributed by atoms with Crippen molar-refractivity contribution in [3.8, 4) is 11.4 Å². The smallest absolute Gasteiger partial charge is 0.162 e. The van der Waals surface area contributed by atoms with Crippen molar-refractivity contribution >= 4 is 17.6 Å². The van der Waals surface area contributed by atoms with Gasteiger partial charge in [-0.3, -0.25) is 4.98 Å². The average molecular weight is 244 g/mol. The van der Waals surface area contributed by atoms with Gasteiger partial charge in [-0.25, -0.2) is 9.97 Å². The van der Waals surface area contributed by atoms with Gasteiger partial charge in [0.25, 0.3) is 0 Å². The zero-order valence-corrected chi connectivity index (χ0v) is 10.3. The second-order valence-corrected chi connectivity index (χ2v) is 5.03. The van der Waals surface area contributed by atoms with Crippen LogP contribution in [0.4, 0.5) is 5.82 Å². The summed E-state index contributed by atoms with van der Waals surface area (Å²) in [5.74, 6) is 3.19. The van der Waals surface area contributed by atoms with E-state index < -0.39 is 0 Å². The van der Waals surface area contributed by atoms with Crippen molar-refractivity contribution in [2.24, 2.45) is 0 Å². The lowest BCUT2D eigenvalue weighted by Gasteiger charge is -2.07. The lowest BCUT2D eigenvalue weighted by atomic mass is 10.1. The predicted molar refractivity (Wildman–Crippen MR) is 69.4 cm³/mol. The molecule has 0 aromatic carbocycles. The van der Waals surface area contributed by atoms with Crippen LogP contribution in [-0.4, -0.2) is 15.0 Å². The molecule has 0 bridgehead atoms. The SMILES string of the molecule is Cc1cnccc1-c1nc(N)c2c(n1)CSC2. The molecule has 2 aromatic rings. The molecule has 2 aromatic heterocycles. The molecule has 1 aliphatic rings. The van der Waals surface area contributed by atoms with Crippen LogP contribution in [0.2, 0.25) is 0 Å². The molecule has 0 spiro atoms. The van der Waals surface area contributed by atoms with E-state index in [0.29, 0.717) is 11.6 Å². The molecule has 0 radical (unpaired) electrons. The Labute approximate surface area is 104 Å². The first-order valence-corrected chi connectivity index (χ1v) is 6.55. The largest absolute Gasteiger partial charge is 0.383 e. The van der Waals surface area contributed by atoms with Gasteiger partial charge in [-0.05, 0) is 18.6 Å². The van der Waals surface area contributed by atoms with Crippen molar-refractivity contribution in [2.75, 3.05) is 5.73 Å². The van der Waals surface area contributed by atoms with Gasteiger partial charge in [0.2, 0.25) is 0 Å². The fraction of sp³-hybridized carbons (Fsp3) is 0.250. The van der Waals surface area contributed by atoms with E-state index in [2.05, 4.69) is 15.0 Å². The number of hydrogen-bond donors (Lipinski definition) is 1. The molecular weight excluding hydrogens is 232 g/mol. The van der Waals surface area contributed by atoms with Crippen molar-refractivity contribution in [3.05, 3.63) is 35.3 Å². The second-order valence-electron chi connectivity index (χ2n) is 4.04. The van der Waals surface area contributed by atoms with Crippen LogP contribution < -0.4 is 5.73 Å². The molecule has 1 aliphatic heterocycles. The van der Waals surface area contributed by atoms with E-state index in [9.17, 15) is 0 Å². The number of thioether (sulfide) groups is 1. The number of aromatic nitrogens is 3. The van der Waals surface area contributed by atoms with Gasteiger partial charge in [-0.15, -0.1) is 0 Å². The maximum Gasteiger partial charge on any atom is 0.162 e. The Morgan fingerprint density at radius 3 is 3.00 bits per heavy atom. The number of nitrogen functional groups attached to an aromatic ring is 1. The average Bonchev–Trinajstić information content (AvgIpc) is 2.78. The number of rotatable bonds is 1. The Bertz CT molecular complexity index is 583. The minimum atomic E-state index is 0.617. The summed E-state index contributed by atoms with van der Waals surface area (Å²) >= 11 is 1.83. The van der Waals surface area contributed by atoms with Crippen LogP contribution in [0, 0.1) is 6.92 Å². The third-order valence-corrected chi connectivity index (χ3v) is 3.84. The number of anilines is 1. The van der Waals surface area contributed by atoms with Crippen molar-refractivity contribution in [2.45, 2.75) is 18.4 Å². The third kappa shape index (κ3) is 1.76. The predicted octanol–water partition coefficient (Wildman–Crippen LogP) is 2.18. The molecule has 3 heterocycles. The number of nitrogens with two attached hydrogens (primary N) is 1. The second kappa shape index (κ2) is 4.00. The Morgan fingerprint density at radius 1 is 1.29 bits per heavy atom. The molecule has 0 fully saturated rings. The van der Waals surface area contributed by atoms with Crippen LogP contribution in [0.25, 0.3) is 11.4 Å². The van der Waals surface area contributed by atoms with Gasteiger partial charge in [0, 0.05) is 35.0 Å². The summed E-state index contributed by atoms with van der Waals surface area (Å²) in [6.07, 6.45) is 3.57. The van der Waals surface area contributed by atoms with Gasteiger partial charge in [-0.1, -0.05) is 0 Å². The summed E-state index contributed by atoms with van der Waals surface area (Å²) in [4.78, 5) is 13.1. The summed E-state index contributed by atoms with van der Waals surface area (Å²) in [6, 6.07) is 1.93. The molecule has 2 N–H and O–H groups in total. The fourth-order valence-corrected chi connectivity index (χ4v) is 2.97. The highest BCUT2D eigenvalue weighted by molar-refractivity contribution is 7.98. The summed E-state index contributed by atoms with van der Waals surface area (Å²) in [5, 5.41) is 0. The van der Waals surface area contributed by atoms with Crippen LogP contribution in [0.5, 0.6) is 0 Å². The Morgan fingerprint density at radius 2 is 2.18 bits per heavy atom. The molecule has 86 valence electrons. The summed E-state index contributed by atoms with van der Waals surface area (Å²) in [6.45, 7) is 2.00. The Hall–Kier alpha value is -1.62. The number of aryl methyl sites for hydroxylation is 1. The quantitative estimate of drug-likeness (QED) is 0.833. The first-order valence-electron chi connectivity index (χ1n) is 5.39. The Balaban J connectivity index is 2.17. The zero-order chi connectivity index (χ0) is 11.8. The normalized spacial score (nSPS) is 13.7. The molecule has 0 unspecified atom stereocenters. The highest BCUT2D eigenvalue weighted by Gasteiger charge is 2.19. The molecule has 0 atom stereocenters. The zero-order valence-electron chi connectivity index (χ0n) is 9.47. The van der Waals surface area contributed by atoms with Crippen molar-refractivity contribution < 1.29 is 0 Å². The molecule has 4 nitrogen and oxygen atoms in total. The summed E-state index contributed by atoms with van der Waals surface area (Å²) in [7, 11) is 0. The van der Waals surface area contributed by atoms with Crippen molar-refractivity contribution in [3.63, 3.8) is 0 Å². The van der Waals surface area contributed by atoms with Gasteiger partial charge >= 0.3 is 0 Å². The van der Waals surface area contributed by atoms with Crippen LogP contribution in [0.1, 0.15) is 16.8 Å². The molecule has 0 saturated carbocycles. The molecule has 0 amide bonds. The first-order chi connectivity index (χ1) is 8.25. The van der Waals surface area contributed by atoms with Crippen molar-refractivity contribution in [1.82, 2.24) is 15.0 Å². The highest BCUT2D eigenvalue weighted by atomic mass is 32.2. The molecule has 3 rings (SSSR count). The highest BCUT2D eigenvalue weighted by Crippen LogP contribution is 2.33. The summed E-state index contributed by atoms with van der Waals surface area (Å²) in [5.41, 5.74) is 10.2. The Kier molecular flexibility index (Phi) is 2.48. The number of hydrogen-bond acceptors (Lipinski definition) is 5. The van der Waals surface area contributed by atoms with Gasteiger partial charge in [0.15, 0.2) is 5.82 Å². The third-order valence-electron chi connectivity index (χ3n) is 2.87. The molecular formula is C12H12N4S. The summed E-state index contributed by atoms with van der Waals surface area (Å²) < 4.78 is 0. The number of fused-ring (bicyclic) bond motifs is 1. The first kappa shape index (κ1) is 10.5. The van der Waals surface area contributed by atoms with E-state index in [0.717, 1.165) is 33.9 Å². The van der Waals surface area contributed by atoms with Gasteiger partial charge < -0.3 is 5.73 Å². The maximum atomic E-state index is 5.98. The number of pyridine rings is 1. The van der Waals surface area contributed by atoms with E-state index in [1.807, 2.05) is 30.9 Å². The van der Waals surface area contributed by atoms with E-state index in [1.165, 1.54) is 0 Å². The minimum Gasteiger partial charge on any atom is -0.383 e. The van der Waals surface area contributed by atoms with Gasteiger partial charge in [0.1, 0.15) is 5.82 Å². The van der Waals surface area contributed by atoms with Crippen molar-refractivity contribution in [1.29, 1.82) is 0 Å². The van der Waals surface area contributed by atoms with E-state index in [1.54, 1.807) is 6.20 Å². The van der Waals surface area contributed by atoms with Gasteiger partial charge in [-0.2, -0.15) is 11.8 Å². The molecule has 0 aliphatic carbocycles. The molecule has 0 saturated heterocycles. The van der Waals surface area contributed by atoms with Crippen LogP contribution >= 0.6 is 11.8 Å². The van der Waals surface area contributed by atoms with Gasteiger partial charge in [0.05, 0.1) is 5.69 Å². The lowest BCUT2D eigenvalue weighted by molar-refractivity contribution is 1.07. The fourth-order valence-electron chi connectivity index (χ4n) is 1.92. The van der Waals surface area contributed by atoms with E-state index in [4.69, 9.17) is 5.73 Å². The number of nitrogens with zero attached hydrogens (tertiary/aromatic N) is 3. The molecule has 5 heteroatoms. The van der Waals surface area contributed by atoms with Crippen LogP contribution in [-0.2, 0) is 11.5 Å². The standard InChI is InChI=1S/C12H12N4S/c1-7-4-14-3-2-8(7)12-15-10-6-17-5-9(10)11(13)16-12/h2-4H,5-6H2,1H3,(H2,13,15,16). The van der Waals surface area contributed by atoms with Crippen LogP contribution in [0.3, 0.4) is 0 Å². The topological polar surface area (TPSA) is 64.7 Å². The van der Waals surface area contributed by atoms with E-state index in [-0.39, 0.29) is 0 Å². The molecule has 17 heavy (non-hydrogen) atoms. The minimum absolute atomic E-state index is 0.617. The maximum absolute atomic E-state index is 5.98. The monoisotopic (exact) mass is 244 g/mol. The lowest BCUT2D eigenvalue weighted by Crippen LogP contribution is -2.03.